The molecule has 0 spiro atoms. The van der Waals surface area contributed by atoms with Gasteiger partial charge in [0.2, 0.25) is 5.76 Å². The Hall–Kier alpha value is -3.36. The number of esters is 1. The van der Waals surface area contributed by atoms with Gasteiger partial charge < -0.3 is 19.4 Å². The minimum Gasteiger partial charge on any atom is -0.500 e. The highest BCUT2D eigenvalue weighted by atomic mass is 16.6. The van der Waals surface area contributed by atoms with Gasteiger partial charge in [0, 0.05) is 6.07 Å². The number of ether oxygens (including phenoxy) is 3. The fourth-order valence-electron chi connectivity index (χ4n) is 1.87. The maximum atomic E-state index is 11.7. The minimum absolute atomic E-state index is 0.0948. The van der Waals surface area contributed by atoms with Gasteiger partial charge in [-0.15, -0.1) is 5.10 Å². The van der Waals surface area contributed by atoms with E-state index in [0.29, 0.717) is 22.8 Å². The van der Waals surface area contributed by atoms with Gasteiger partial charge in [0.25, 0.3) is 0 Å². The van der Waals surface area contributed by atoms with Crippen molar-refractivity contribution in [1.29, 1.82) is 0 Å². The van der Waals surface area contributed by atoms with Crippen LogP contribution in [0.1, 0.15) is 18.2 Å². The lowest BCUT2D eigenvalue weighted by Gasteiger charge is -2.11. The number of carbonyl (C=O) groups excluding carboxylic acids is 1. The Morgan fingerprint density at radius 3 is 2.76 bits per heavy atom. The van der Waals surface area contributed by atoms with Crippen LogP contribution in [0.5, 0.6) is 5.75 Å². The average Bonchev–Trinajstić information content (AvgIpc) is 3.11. The van der Waals surface area contributed by atoms with Gasteiger partial charge in [0.15, 0.2) is 0 Å². The van der Waals surface area contributed by atoms with Crippen LogP contribution in [0.3, 0.4) is 0 Å². The van der Waals surface area contributed by atoms with E-state index in [1.54, 1.807) is 25.1 Å². The van der Waals surface area contributed by atoms with Crippen LogP contribution >= 0.6 is 0 Å². The standard InChI is InChI=1S/C16H18N4O5/c1-10-5-6-12(20-17-8-13(18-20)11(2)19-22)7-14(10)25-15(9-23-3)16(21)24-4/h5-9,22H,1-4H3/b15-9-,19-11?. The molecule has 0 saturated carbocycles. The Balaban J connectivity index is 2.36. The molecule has 0 fully saturated rings. The first kappa shape index (κ1) is 18.0. The number of oxime groups is 1. The first-order valence-electron chi connectivity index (χ1n) is 7.21. The van der Waals surface area contributed by atoms with Crippen molar-refractivity contribution in [2.24, 2.45) is 5.16 Å². The van der Waals surface area contributed by atoms with Crippen molar-refractivity contribution in [3.63, 3.8) is 0 Å². The van der Waals surface area contributed by atoms with Crippen LogP contribution in [-0.2, 0) is 14.3 Å². The zero-order valence-electron chi connectivity index (χ0n) is 14.3. The molecule has 2 rings (SSSR count). The van der Waals surface area contributed by atoms with Crippen LogP contribution in [0.25, 0.3) is 5.69 Å². The molecule has 0 aliphatic carbocycles. The maximum Gasteiger partial charge on any atom is 0.377 e. The Morgan fingerprint density at radius 2 is 2.12 bits per heavy atom. The fourth-order valence-corrected chi connectivity index (χ4v) is 1.87. The molecule has 1 aromatic carbocycles. The molecule has 132 valence electrons. The summed E-state index contributed by atoms with van der Waals surface area (Å²) >= 11 is 0. The molecule has 0 aliphatic heterocycles. The number of hydrogen-bond donors (Lipinski definition) is 1. The van der Waals surface area contributed by atoms with Crippen molar-refractivity contribution in [1.82, 2.24) is 15.0 Å². The third kappa shape index (κ3) is 4.14. The van der Waals surface area contributed by atoms with E-state index in [1.165, 1.54) is 25.2 Å². The minimum atomic E-state index is -0.666. The molecule has 25 heavy (non-hydrogen) atoms. The first-order valence-corrected chi connectivity index (χ1v) is 7.21. The molecule has 0 radical (unpaired) electrons. The van der Waals surface area contributed by atoms with Crippen LogP contribution in [0, 0.1) is 6.92 Å². The SMILES string of the molecule is CO/C=C(\Oc1cc(-n2ncc(C(C)=NO)n2)ccc1C)C(=O)OC. The number of carbonyl (C=O) groups is 1. The molecule has 2 aromatic rings. The molecule has 9 nitrogen and oxygen atoms in total. The number of hydrogen-bond acceptors (Lipinski definition) is 8. The van der Waals surface area contributed by atoms with Crippen LogP contribution < -0.4 is 4.74 Å². The van der Waals surface area contributed by atoms with Gasteiger partial charge in [-0.25, -0.2) is 4.79 Å². The lowest BCUT2D eigenvalue weighted by molar-refractivity contribution is -0.138. The largest absolute Gasteiger partial charge is 0.500 e. The summed E-state index contributed by atoms with van der Waals surface area (Å²) in [5, 5.41) is 20.2. The van der Waals surface area contributed by atoms with E-state index in [4.69, 9.17) is 14.7 Å². The van der Waals surface area contributed by atoms with Crippen molar-refractivity contribution in [3.8, 4) is 11.4 Å². The highest BCUT2D eigenvalue weighted by Gasteiger charge is 2.16. The second kappa shape index (κ2) is 7.95. The lowest BCUT2D eigenvalue weighted by atomic mass is 10.2. The molecule has 1 aromatic heterocycles. The number of benzene rings is 1. The molecule has 0 unspecified atom stereocenters. The molecular formula is C16H18N4O5. The lowest BCUT2D eigenvalue weighted by Crippen LogP contribution is -2.12. The van der Waals surface area contributed by atoms with Gasteiger partial charge in [-0.05, 0) is 25.5 Å². The van der Waals surface area contributed by atoms with Crippen molar-refractivity contribution in [2.75, 3.05) is 14.2 Å². The summed E-state index contributed by atoms with van der Waals surface area (Å²) in [6, 6.07) is 5.24. The monoisotopic (exact) mass is 346 g/mol. The van der Waals surface area contributed by atoms with Crippen LogP contribution in [0.15, 0.2) is 41.6 Å². The highest BCUT2D eigenvalue weighted by molar-refractivity contribution is 5.96. The number of aromatic nitrogens is 3. The molecule has 0 atom stereocenters. The van der Waals surface area contributed by atoms with E-state index in [0.717, 1.165) is 11.8 Å². The van der Waals surface area contributed by atoms with E-state index in [2.05, 4.69) is 20.1 Å². The van der Waals surface area contributed by atoms with Gasteiger partial charge in [-0.2, -0.15) is 9.90 Å². The Labute approximate surface area is 144 Å². The predicted molar refractivity (Wildman–Crippen MR) is 87.8 cm³/mol. The first-order chi connectivity index (χ1) is 12.0. The summed E-state index contributed by atoms with van der Waals surface area (Å²) in [7, 11) is 2.65. The molecule has 1 N–H and O–H groups in total. The van der Waals surface area contributed by atoms with Crippen molar-refractivity contribution in [3.05, 3.63) is 47.7 Å². The summed E-state index contributed by atoms with van der Waals surface area (Å²) in [6.07, 6.45) is 2.63. The maximum absolute atomic E-state index is 11.7. The van der Waals surface area contributed by atoms with Gasteiger partial charge >= 0.3 is 5.97 Å². The van der Waals surface area contributed by atoms with Gasteiger partial charge in [-0.3, -0.25) is 0 Å². The summed E-state index contributed by atoms with van der Waals surface area (Å²) in [5.74, 6) is -0.346. The second-order valence-corrected chi connectivity index (χ2v) is 4.97. The number of rotatable bonds is 6. The Bertz CT molecular complexity index is 826. The third-order valence-corrected chi connectivity index (χ3v) is 3.25. The summed E-state index contributed by atoms with van der Waals surface area (Å²) in [5.41, 5.74) is 2.15. The van der Waals surface area contributed by atoms with E-state index in [1.807, 2.05) is 6.92 Å². The number of nitrogens with zero attached hydrogens (tertiary/aromatic N) is 4. The predicted octanol–water partition coefficient (Wildman–Crippen LogP) is 1.81. The van der Waals surface area contributed by atoms with E-state index >= 15 is 0 Å². The second-order valence-electron chi connectivity index (χ2n) is 4.97. The number of methoxy groups -OCH3 is 2. The van der Waals surface area contributed by atoms with Crippen molar-refractivity contribution in [2.45, 2.75) is 13.8 Å². The zero-order valence-corrected chi connectivity index (χ0v) is 14.3. The highest BCUT2D eigenvalue weighted by Crippen LogP contribution is 2.24. The molecule has 0 bridgehead atoms. The Kier molecular flexibility index (Phi) is 5.72. The zero-order chi connectivity index (χ0) is 18.4. The smallest absolute Gasteiger partial charge is 0.377 e. The van der Waals surface area contributed by atoms with Crippen molar-refractivity contribution < 1.29 is 24.2 Å². The Morgan fingerprint density at radius 1 is 1.36 bits per heavy atom. The van der Waals surface area contributed by atoms with E-state index < -0.39 is 5.97 Å². The van der Waals surface area contributed by atoms with Gasteiger partial charge in [-0.1, -0.05) is 11.2 Å². The quantitative estimate of drug-likeness (QED) is 0.212. The van der Waals surface area contributed by atoms with Gasteiger partial charge in [0.1, 0.15) is 23.4 Å². The molecule has 1 heterocycles. The molecule has 0 aliphatic rings. The molecule has 0 saturated heterocycles. The molecule has 0 amide bonds. The fraction of sp³-hybridized carbons (Fsp3) is 0.250. The van der Waals surface area contributed by atoms with Crippen LogP contribution in [0.2, 0.25) is 0 Å². The topological polar surface area (TPSA) is 108 Å². The summed E-state index contributed by atoms with van der Waals surface area (Å²) < 4.78 is 15.1. The van der Waals surface area contributed by atoms with Gasteiger partial charge in [0.05, 0.1) is 26.1 Å². The van der Waals surface area contributed by atoms with Crippen LogP contribution in [0.4, 0.5) is 0 Å². The normalized spacial score (nSPS) is 12.0. The molecule has 9 heteroatoms. The number of aryl methyl sites for hydroxylation is 1. The third-order valence-electron chi connectivity index (χ3n) is 3.25. The summed E-state index contributed by atoms with van der Waals surface area (Å²) in [6.45, 7) is 3.43. The van der Waals surface area contributed by atoms with Crippen molar-refractivity contribution >= 4 is 11.7 Å². The molecular weight excluding hydrogens is 328 g/mol. The summed E-state index contributed by atoms with van der Waals surface area (Å²) in [4.78, 5) is 13.1. The van der Waals surface area contributed by atoms with Crippen LogP contribution in [-0.4, -0.2) is 46.1 Å². The average molecular weight is 346 g/mol. The van der Waals surface area contributed by atoms with E-state index in [-0.39, 0.29) is 5.76 Å². The van der Waals surface area contributed by atoms with E-state index in [9.17, 15) is 4.79 Å².